The van der Waals surface area contributed by atoms with Crippen LogP contribution in [0.3, 0.4) is 0 Å². The van der Waals surface area contributed by atoms with Gasteiger partial charge in [0.1, 0.15) is 17.2 Å². The summed E-state index contributed by atoms with van der Waals surface area (Å²) in [5.41, 5.74) is 1.96. The lowest BCUT2D eigenvalue weighted by Crippen LogP contribution is -2.20. The maximum Gasteiger partial charge on any atom is 0.323 e. The molecule has 7 heteroatoms. The number of amides is 2. The third-order valence-corrected chi connectivity index (χ3v) is 3.37. The van der Waals surface area contributed by atoms with Crippen molar-refractivity contribution >= 4 is 28.3 Å². The average Bonchev–Trinajstić information content (AvgIpc) is 3.02. The molecule has 3 aromatic rings. The summed E-state index contributed by atoms with van der Waals surface area (Å²) in [5.74, 6) is 1.03. The molecule has 0 aliphatic carbocycles. The summed E-state index contributed by atoms with van der Waals surface area (Å²) in [4.78, 5) is 12.2. The number of methoxy groups -OCH3 is 2. The van der Waals surface area contributed by atoms with Crippen LogP contribution in [-0.2, 0) is 0 Å². The predicted octanol–water partition coefficient (Wildman–Crippen LogP) is 3.22. The first-order valence-electron chi connectivity index (χ1n) is 6.93. The van der Waals surface area contributed by atoms with Crippen molar-refractivity contribution in [3.8, 4) is 11.5 Å². The Labute approximate surface area is 132 Å². The number of carbonyl (C=O) groups is 1. The SMILES string of the molecule is COc1cccc(OC)c1NC(=O)Nc1ccc2cn[nH]c2c1. The van der Waals surface area contributed by atoms with E-state index in [-0.39, 0.29) is 0 Å². The molecule has 0 saturated heterocycles. The molecule has 0 atom stereocenters. The first kappa shape index (κ1) is 14.7. The van der Waals surface area contributed by atoms with E-state index in [9.17, 15) is 4.79 Å². The number of nitrogens with zero attached hydrogens (tertiary/aromatic N) is 1. The van der Waals surface area contributed by atoms with Crippen LogP contribution in [0.1, 0.15) is 0 Å². The van der Waals surface area contributed by atoms with Gasteiger partial charge in [0.25, 0.3) is 0 Å². The van der Waals surface area contributed by atoms with Gasteiger partial charge in [0.15, 0.2) is 0 Å². The number of ether oxygens (including phenoxy) is 2. The van der Waals surface area contributed by atoms with Crippen LogP contribution in [0.15, 0.2) is 42.6 Å². The first-order valence-corrected chi connectivity index (χ1v) is 6.93. The molecule has 2 amide bonds. The summed E-state index contributed by atoms with van der Waals surface area (Å²) in [6.07, 6.45) is 1.72. The first-order chi connectivity index (χ1) is 11.2. The molecule has 1 aromatic heterocycles. The third-order valence-electron chi connectivity index (χ3n) is 3.37. The Morgan fingerprint density at radius 2 is 1.83 bits per heavy atom. The van der Waals surface area contributed by atoms with Gasteiger partial charge in [-0.15, -0.1) is 0 Å². The summed E-state index contributed by atoms with van der Waals surface area (Å²) in [7, 11) is 3.06. The predicted molar refractivity (Wildman–Crippen MR) is 88.3 cm³/mol. The Bertz CT molecular complexity index is 822. The van der Waals surface area contributed by atoms with E-state index in [2.05, 4.69) is 20.8 Å². The second kappa shape index (κ2) is 6.27. The molecule has 3 rings (SSSR count). The molecule has 0 spiro atoms. The van der Waals surface area contributed by atoms with Crippen molar-refractivity contribution in [2.45, 2.75) is 0 Å². The number of H-pyrrole nitrogens is 1. The maximum atomic E-state index is 12.2. The van der Waals surface area contributed by atoms with Gasteiger partial charge in [0, 0.05) is 11.1 Å². The molecule has 0 radical (unpaired) electrons. The topological polar surface area (TPSA) is 88.3 Å². The fraction of sp³-hybridized carbons (Fsp3) is 0.125. The zero-order chi connectivity index (χ0) is 16.2. The smallest absolute Gasteiger partial charge is 0.323 e. The lowest BCUT2D eigenvalue weighted by Gasteiger charge is -2.14. The summed E-state index contributed by atoms with van der Waals surface area (Å²) >= 11 is 0. The largest absolute Gasteiger partial charge is 0.494 e. The minimum absolute atomic E-state index is 0.397. The molecule has 0 bridgehead atoms. The zero-order valence-corrected chi connectivity index (χ0v) is 12.7. The number of carbonyl (C=O) groups excluding carboxylic acids is 1. The van der Waals surface area contributed by atoms with Gasteiger partial charge in [0.2, 0.25) is 0 Å². The number of para-hydroxylation sites is 1. The summed E-state index contributed by atoms with van der Waals surface area (Å²) in [6, 6.07) is 10.4. The highest BCUT2D eigenvalue weighted by molar-refractivity contribution is 6.02. The van der Waals surface area contributed by atoms with Gasteiger partial charge in [-0.2, -0.15) is 5.10 Å². The van der Waals surface area contributed by atoms with E-state index in [0.29, 0.717) is 22.9 Å². The van der Waals surface area contributed by atoms with E-state index in [4.69, 9.17) is 9.47 Å². The Morgan fingerprint density at radius 1 is 1.09 bits per heavy atom. The molecule has 23 heavy (non-hydrogen) atoms. The van der Waals surface area contributed by atoms with Crippen LogP contribution in [0, 0.1) is 0 Å². The van der Waals surface area contributed by atoms with Crippen molar-refractivity contribution in [1.82, 2.24) is 10.2 Å². The van der Waals surface area contributed by atoms with Gasteiger partial charge in [0.05, 0.1) is 25.9 Å². The molecule has 7 nitrogen and oxygen atoms in total. The van der Waals surface area contributed by atoms with Gasteiger partial charge in [-0.1, -0.05) is 6.07 Å². The number of hydrogen-bond donors (Lipinski definition) is 3. The van der Waals surface area contributed by atoms with Crippen molar-refractivity contribution in [2.75, 3.05) is 24.9 Å². The lowest BCUT2D eigenvalue weighted by molar-refractivity contribution is 0.262. The number of aromatic nitrogens is 2. The quantitative estimate of drug-likeness (QED) is 0.690. The molecule has 0 unspecified atom stereocenters. The lowest BCUT2D eigenvalue weighted by atomic mass is 10.2. The van der Waals surface area contributed by atoms with Crippen LogP contribution in [0.25, 0.3) is 10.9 Å². The van der Waals surface area contributed by atoms with E-state index in [1.165, 1.54) is 14.2 Å². The molecule has 0 aliphatic heterocycles. The van der Waals surface area contributed by atoms with Gasteiger partial charge in [-0.25, -0.2) is 4.79 Å². The van der Waals surface area contributed by atoms with E-state index in [0.717, 1.165) is 10.9 Å². The summed E-state index contributed by atoms with van der Waals surface area (Å²) < 4.78 is 10.5. The van der Waals surface area contributed by atoms with E-state index in [1.54, 1.807) is 36.5 Å². The number of aromatic amines is 1. The van der Waals surface area contributed by atoms with Crippen molar-refractivity contribution in [3.63, 3.8) is 0 Å². The molecule has 0 saturated carbocycles. The zero-order valence-electron chi connectivity index (χ0n) is 12.7. The van der Waals surface area contributed by atoms with Crippen molar-refractivity contribution in [3.05, 3.63) is 42.6 Å². The molecule has 2 aromatic carbocycles. The number of benzene rings is 2. The van der Waals surface area contributed by atoms with Crippen molar-refractivity contribution in [1.29, 1.82) is 0 Å². The highest BCUT2D eigenvalue weighted by Crippen LogP contribution is 2.34. The molecule has 1 heterocycles. The number of fused-ring (bicyclic) bond motifs is 1. The van der Waals surface area contributed by atoms with Crippen LogP contribution in [0.5, 0.6) is 11.5 Å². The van der Waals surface area contributed by atoms with Gasteiger partial charge >= 0.3 is 6.03 Å². The van der Waals surface area contributed by atoms with Gasteiger partial charge in [-0.05, 0) is 30.3 Å². The second-order valence-electron chi connectivity index (χ2n) is 4.79. The van der Waals surface area contributed by atoms with E-state index in [1.807, 2.05) is 6.07 Å². The molecule has 3 N–H and O–H groups in total. The Kier molecular flexibility index (Phi) is 4.01. The summed E-state index contributed by atoms with van der Waals surface area (Å²) in [5, 5.41) is 13.3. The minimum atomic E-state index is -0.397. The molecule has 0 fully saturated rings. The molecular formula is C16H16N4O3. The van der Waals surface area contributed by atoms with Crippen molar-refractivity contribution in [2.24, 2.45) is 0 Å². The Hall–Kier alpha value is -3.22. The highest BCUT2D eigenvalue weighted by Gasteiger charge is 2.13. The van der Waals surface area contributed by atoms with E-state index < -0.39 is 6.03 Å². The minimum Gasteiger partial charge on any atom is -0.494 e. The number of nitrogens with one attached hydrogen (secondary N) is 3. The number of rotatable bonds is 4. The molecule has 118 valence electrons. The number of anilines is 2. The number of hydrogen-bond acceptors (Lipinski definition) is 4. The normalized spacial score (nSPS) is 10.3. The van der Waals surface area contributed by atoms with E-state index >= 15 is 0 Å². The molecular weight excluding hydrogens is 296 g/mol. The van der Waals surface area contributed by atoms with Crippen LogP contribution in [0.2, 0.25) is 0 Å². The standard InChI is InChI=1S/C16H16N4O3/c1-22-13-4-3-5-14(23-2)15(13)19-16(21)18-11-7-6-10-9-17-20-12(10)8-11/h3-9H,1-2H3,(H,17,20)(H2,18,19,21). The van der Waals surface area contributed by atoms with Crippen LogP contribution >= 0.6 is 0 Å². The average molecular weight is 312 g/mol. The Balaban J connectivity index is 1.79. The fourth-order valence-corrected chi connectivity index (χ4v) is 2.27. The third kappa shape index (κ3) is 3.03. The highest BCUT2D eigenvalue weighted by atomic mass is 16.5. The van der Waals surface area contributed by atoms with Crippen molar-refractivity contribution < 1.29 is 14.3 Å². The second-order valence-corrected chi connectivity index (χ2v) is 4.79. The van der Waals surface area contributed by atoms with Gasteiger partial charge < -0.3 is 20.1 Å². The van der Waals surface area contributed by atoms with Crippen LogP contribution < -0.4 is 20.1 Å². The maximum absolute atomic E-state index is 12.2. The monoisotopic (exact) mass is 312 g/mol. The summed E-state index contributed by atoms with van der Waals surface area (Å²) in [6.45, 7) is 0. The number of urea groups is 1. The Morgan fingerprint density at radius 3 is 2.52 bits per heavy atom. The van der Waals surface area contributed by atoms with Gasteiger partial charge in [-0.3, -0.25) is 5.10 Å². The van der Waals surface area contributed by atoms with Crippen LogP contribution in [-0.4, -0.2) is 30.4 Å². The fourth-order valence-electron chi connectivity index (χ4n) is 2.27. The molecule has 0 aliphatic rings. The van der Waals surface area contributed by atoms with Crippen LogP contribution in [0.4, 0.5) is 16.2 Å².